The summed E-state index contributed by atoms with van der Waals surface area (Å²) in [5, 5.41) is 7.74. The van der Waals surface area contributed by atoms with Crippen LogP contribution in [0.4, 0.5) is 0 Å². The van der Waals surface area contributed by atoms with E-state index in [0.717, 1.165) is 30.4 Å². The Balaban J connectivity index is 2.21. The highest BCUT2D eigenvalue weighted by Gasteiger charge is 2.09. The summed E-state index contributed by atoms with van der Waals surface area (Å²) in [6.45, 7) is 3.93. The Hall–Kier alpha value is -1.13. The Labute approximate surface area is 123 Å². The largest absolute Gasteiger partial charge is 0.316 e. The molecule has 0 saturated carbocycles. The van der Waals surface area contributed by atoms with Gasteiger partial charge < -0.3 is 5.32 Å². The highest BCUT2D eigenvalue weighted by Crippen LogP contribution is 2.15. The number of aromatic nitrogens is 2. The van der Waals surface area contributed by atoms with Crippen LogP contribution in [0.2, 0.25) is 0 Å². The lowest BCUT2D eigenvalue weighted by atomic mass is 10.1. The first kappa shape index (κ1) is 14.3. The minimum atomic E-state index is 0.840. The summed E-state index contributed by atoms with van der Waals surface area (Å²) in [7, 11) is 1.97. The van der Waals surface area contributed by atoms with Crippen LogP contribution in [0, 0.1) is 0 Å². The lowest BCUT2D eigenvalue weighted by Gasteiger charge is -2.09. The van der Waals surface area contributed by atoms with Crippen LogP contribution in [0.5, 0.6) is 0 Å². The predicted octanol–water partition coefficient (Wildman–Crippen LogP) is 3.37. The number of hydrogen-bond donors (Lipinski definition) is 1. The van der Waals surface area contributed by atoms with Gasteiger partial charge in [-0.15, -0.1) is 0 Å². The van der Waals surface area contributed by atoms with Crippen molar-refractivity contribution in [1.29, 1.82) is 0 Å². The van der Waals surface area contributed by atoms with Crippen LogP contribution in [0.3, 0.4) is 0 Å². The van der Waals surface area contributed by atoms with Crippen molar-refractivity contribution in [2.24, 2.45) is 0 Å². The Morgan fingerprint density at radius 3 is 2.63 bits per heavy atom. The van der Waals surface area contributed by atoms with E-state index < -0.39 is 0 Å². The fraction of sp³-hybridized carbons (Fsp3) is 0.400. The molecule has 0 saturated heterocycles. The Kier molecular flexibility index (Phi) is 5.16. The molecule has 2 aromatic rings. The topological polar surface area (TPSA) is 29.9 Å². The number of nitrogens with zero attached hydrogens (tertiary/aromatic N) is 2. The van der Waals surface area contributed by atoms with Gasteiger partial charge in [0.05, 0.1) is 12.7 Å². The van der Waals surface area contributed by atoms with Crippen LogP contribution in [0.25, 0.3) is 0 Å². The fourth-order valence-corrected chi connectivity index (χ4v) is 2.48. The maximum absolute atomic E-state index is 4.54. The first-order valence-electron chi connectivity index (χ1n) is 6.67. The second kappa shape index (κ2) is 6.87. The zero-order valence-corrected chi connectivity index (χ0v) is 13.1. The Morgan fingerprint density at radius 1 is 1.26 bits per heavy atom. The summed E-state index contributed by atoms with van der Waals surface area (Å²) in [5.74, 6) is 0. The SMILES string of the molecule is CCCc1c(CNC)cnn1Cc1ccc(Br)cc1. The molecule has 0 aliphatic heterocycles. The summed E-state index contributed by atoms with van der Waals surface area (Å²) >= 11 is 3.46. The van der Waals surface area contributed by atoms with E-state index in [1.54, 1.807) is 0 Å². The monoisotopic (exact) mass is 321 g/mol. The molecular weight excluding hydrogens is 302 g/mol. The molecule has 1 N–H and O–H groups in total. The van der Waals surface area contributed by atoms with Gasteiger partial charge in [0, 0.05) is 22.3 Å². The third-order valence-electron chi connectivity index (χ3n) is 3.13. The molecule has 3 nitrogen and oxygen atoms in total. The van der Waals surface area contributed by atoms with Crippen molar-refractivity contribution in [3.63, 3.8) is 0 Å². The van der Waals surface area contributed by atoms with E-state index in [2.05, 4.69) is 62.2 Å². The van der Waals surface area contributed by atoms with Crippen LogP contribution in [-0.4, -0.2) is 16.8 Å². The zero-order chi connectivity index (χ0) is 13.7. The molecule has 0 aliphatic rings. The van der Waals surface area contributed by atoms with Crippen molar-refractivity contribution in [3.05, 3.63) is 51.8 Å². The number of hydrogen-bond acceptors (Lipinski definition) is 2. The van der Waals surface area contributed by atoms with Gasteiger partial charge in [0.15, 0.2) is 0 Å². The third kappa shape index (κ3) is 3.67. The van der Waals surface area contributed by atoms with Gasteiger partial charge in [0.2, 0.25) is 0 Å². The van der Waals surface area contributed by atoms with Crippen molar-refractivity contribution in [3.8, 4) is 0 Å². The first-order chi connectivity index (χ1) is 9.24. The molecule has 102 valence electrons. The smallest absolute Gasteiger partial charge is 0.0662 e. The van der Waals surface area contributed by atoms with Crippen LogP contribution in [0.15, 0.2) is 34.9 Å². The van der Waals surface area contributed by atoms with Crippen LogP contribution in [0.1, 0.15) is 30.2 Å². The molecule has 19 heavy (non-hydrogen) atoms. The van der Waals surface area contributed by atoms with Crippen LogP contribution < -0.4 is 5.32 Å². The molecule has 0 unspecified atom stereocenters. The molecule has 0 spiro atoms. The highest BCUT2D eigenvalue weighted by atomic mass is 79.9. The van der Waals surface area contributed by atoms with Gasteiger partial charge in [0.25, 0.3) is 0 Å². The summed E-state index contributed by atoms with van der Waals surface area (Å²) in [6.07, 6.45) is 4.20. The molecule has 0 amide bonds. The quantitative estimate of drug-likeness (QED) is 0.884. The van der Waals surface area contributed by atoms with E-state index in [1.807, 2.05) is 13.2 Å². The van der Waals surface area contributed by atoms with Crippen LogP contribution >= 0.6 is 15.9 Å². The molecule has 1 aromatic heterocycles. The average Bonchev–Trinajstić information content (AvgIpc) is 2.77. The standard InChI is InChI=1S/C15H20BrN3/c1-3-4-15-13(9-17-2)10-18-19(15)11-12-5-7-14(16)8-6-12/h5-8,10,17H,3-4,9,11H2,1-2H3. The van der Waals surface area contributed by atoms with Crippen molar-refractivity contribution in [2.45, 2.75) is 32.9 Å². The lowest BCUT2D eigenvalue weighted by Crippen LogP contribution is -2.10. The van der Waals surface area contributed by atoms with Gasteiger partial charge in [-0.05, 0) is 31.2 Å². The molecule has 4 heteroatoms. The Morgan fingerprint density at radius 2 is 2.00 bits per heavy atom. The van der Waals surface area contributed by atoms with Crippen molar-refractivity contribution < 1.29 is 0 Å². The van der Waals surface area contributed by atoms with E-state index in [1.165, 1.54) is 16.8 Å². The summed E-state index contributed by atoms with van der Waals surface area (Å²) in [4.78, 5) is 0. The number of rotatable bonds is 6. The van der Waals surface area contributed by atoms with Gasteiger partial charge in [-0.3, -0.25) is 4.68 Å². The normalized spacial score (nSPS) is 10.9. The van der Waals surface area contributed by atoms with Gasteiger partial charge >= 0.3 is 0 Å². The van der Waals surface area contributed by atoms with Gasteiger partial charge in [-0.25, -0.2) is 0 Å². The Bertz CT molecular complexity index is 517. The van der Waals surface area contributed by atoms with E-state index in [4.69, 9.17) is 0 Å². The van der Waals surface area contributed by atoms with Crippen molar-refractivity contribution in [1.82, 2.24) is 15.1 Å². The predicted molar refractivity (Wildman–Crippen MR) is 82.2 cm³/mol. The minimum Gasteiger partial charge on any atom is -0.316 e. The van der Waals surface area contributed by atoms with Crippen molar-refractivity contribution in [2.75, 3.05) is 7.05 Å². The zero-order valence-electron chi connectivity index (χ0n) is 11.5. The van der Waals surface area contributed by atoms with Gasteiger partial charge in [0.1, 0.15) is 0 Å². The highest BCUT2D eigenvalue weighted by molar-refractivity contribution is 9.10. The number of halogens is 1. The second-order valence-corrected chi connectivity index (χ2v) is 5.60. The summed E-state index contributed by atoms with van der Waals surface area (Å²) in [5.41, 5.74) is 3.93. The number of nitrogens with one attached hydrogen (secondary N) is 1. The molecule has 1 aromatic carbocycles. The molecule has 1 heterocycles. The maximum atomic E-state index is 4.54. The van der Waals surface area contributed by atoms with Gasteiger partial charge in [-0.1, -0.05) is 41.4 Å². The number of benzene rings is 1. The molecule has 0 radical (unpaired) electrons. The minimum absolute atomic E-state index is 0.840. The maximum Gasteiger partial charge on any atom is 0.0662 e. The molecule has 2 rings (SSSR count). The molecule has 0 atom stereocenters. The average molecular weight is 322 g/mol. The molecule has 0 aliphatic carbocycles. The van der Waals surface area contributed by atoms with E-state index >= 15 is 0 Å². The molecule has 0 fully saturated rings. The fourth-order valence-electron chi connectivity index (χ4n) is 2.21. The summed E-state index contributed by atoms with van der Waals surface area (Å²) < 4.78 is 3.24. The van der Waals surface area contributed by atoms with Crippen LogP contribution in [-0.2, 0) is 19.5 Å². The summed E-state index contributed by atoms with van der Waals surface area (Å²) in [6, 6.07) is 8.43. The van der Waals surface area contributed by atoms with Crippen molar-refractivity contribution >= 4 is 15.9 Å². The van der Waals surface area contributed by atoms with E-state index in [9.17, 15) is 0 Å². The first-order valence-corrected chi connectivity index (χ1v) is 7.46. The van der Waals surface area contributed by atoms with Gasteiger partial charge in [-0.2, -0.15) is 5.10 Å². The molecular formula is C15H20BrN3. The molecule has 0 bridgehead atoms. The van der Waals surface area contributed by atoms with E-state index in [0.29, 0.717) is 0 Å². The van der Waals surface area contributed by atoms with E-state index in [-0.39, 0.29) is 0 Å². The third-order valence-corrected chi connectivity index (χ3v) is 3.66. The second-order valence-electron chi connectivity index (χ2n) is 4.68. The lowest BCUT2D eigenvalue weighted by molar-refractivity contribution is 0.632.